The van der Waals surface area contributed by atoms with Crippen LogP contribution in [0.3, 0.4) is 0 Å². The molecule has 0 spiro atoms. The molecule has 0 bridgehead atoms. The van der Waals surface area contributed by atoms with Crippen molar-refractivity contribution in [3.05, 3.63) is 75.3 Å². The number of fused-ring (bicyclic) bond motifs is 1. The van der Waals surface area contributed by atoms with E-state index in [1.807, 2.05) is 12.1 Å². The number of benzene rings is 2. The predicted octanol–water partition coefficient (Wildman–Crippen LogP) is 7.07. The second-order valence-corrected chi connectivity index (χ2v) is 8.60. The zero-order valence-corrected chi connectivity index (χ0v) is 16.9. The highest BCUT2D eigenvalue weighted by atomic mass is 79.9. The molecule has 6 heteroatoms. The van der Waals surface area contributed by atoms with Crippen LogP contribution in [-0.4, -0.2) is 9.97 Å². The fourth-order valence-electron chi connectivity index (χ4n) is 2.53. The highest BCUT2D eigenvalue weighted by molar-refractivity contribution is 9.10. The monoisotopic (exact) mass is 446 g/mol. The van der Waals surface area contributed by atoms with Crippen LogP contribution in [0, 0.1) is 0 Å². The number of thioether (sulfide) groups is 1. The normalized spacial score (nSPS) is 11.1. The summed E-state index contributed by atoms with van der Waals surface area (Å²) in [7, 11) is 0. The van der Waals surface area contributed by atoms with Crippen molar-refractivity contribution < 1.29 is 0 Å². The van der Waals surface area contributed by atoms with Crippen molar-refractivity contribution in [2.75, 3.05) is 0 Å². The summed E-state index contributed by atoms with van der Waals surface area (Å²) in [5, 5.41) is 5.07. The van der Waals surface area contributed by atoms with E-state index < -0.39 is 0 Å². The summed E-state index contributed by atoms with van der Waals surface area (Å²) in [4.78, 5) is 10.00. The van der Waals surface area contributed by atoms with Crippen molar-refractivity contribution in [2.45, 2.75) is 10.8 Å². The maximum atomic E-state index is 5.96. The Balaban J connectivity index is 1.70. The molecule has 2 heterocycles. The van der Waals surface area contributed by atoms with E-state index in [0.29, 0.717) is 0 Å². The van der Waals surface area contributed by atoms with E-state index in [2.05, 4.69) is 67.7 Å². The molecule has 0 atom stereocenters. The quantitative estimate of drug-likeness (QED) is 0.247. The summed E-state index contributed by atoms with van der Waals surface area (Å²) in [5.41, 5.74) is 3.59. The molecule has 2 aromatic heterocycles. The summed E-state index contributed by atoms with van der Waals surface area (Å²) in [5.74, 6) is 0.846. The van der Waals surface area contributed by atoms with Crippen molar-refractivity contribution in [1.82, 2.24) is 9.97 Å². The Morgan fingerprint density at radius 3 is 2.52 bits per heavy atom. The molecule has 124 valence electrons. The lowest BCUT2D eigenvalue weighted by atomic mass is 10.1. The lowest BCUT2D eigenvalue weighted by Gasteiger charge is -2.06. The lowest BCUT2D eigenvalue weighted by molar-refractivity contribution is 1.11. The fraction of sp³-hybridized carbons (Fsp3) is 0.0526. The molecule has 0 amide bonds. The minimum absolute atomic E-state index is 0.758. The zero-order valence-electron chi connectivity index (χ0n) is 12.9. The number of nitrogens with zero attached hydrogens (tertiary/aromatic N) is 2. The van der Waals surface area contributed by atoms with Crippen LogP contribution in [0.5, 0.6) is 0 Å². The van der Waals surface area contributed by atoms with Crippen LogP contribution >= 0.6 is 50.6 Å². The van der Waals surface area contributed by atoms with E-state index in [4.69, 9.17) is 11.6 Å². The zero-order chi connectivity index (χ0) is 17.2. The first-order chi connectivity index (χ1) is 12.2. The van der Waals surface area contributed by atoms with Gasteiger partial charge in [0.15, 0.2) is 0 Å². The van der Waals surface area contributed by atoms with E-state index in [-0.39, 0.29) is 0 Å². The number of aromatic nitrogens is 2. The molecular formula is C19H12BrClN2S2. The van der Waals surface area contributed by atoms with E-state index in [0.717, 1.165) is 30.5 Å². The van der Waals surface area contributed by atoms with Gasteiger partial charge in [-0.1, -0.05) is 51.8 Å². The molecule has 2 nitrogen and oxygen atoms in total. The standard InChI is InChI=1S/C19H12BrClN2S2/c20-14-5-3-13(4-6-14)16-10-25-19-17(16)18(22-11-23-19)24-9-12-1-7-15(21)8-2-12/h1-8,10-11H,9H2. The Kier molecular flexibility index (Phi) is 5.08. The van der Waals surface area contributed by atoms with E-state index in [1.165, 1.54) is 16.7 Å². The van der Waals surface area contributed by atoms with Crippen LogP contribution in [0.4, 0.5) is 0 Å². The molecule has 0 aliphatic carbocycles. The Morgan fingerprint density at radius 2 is 1.76 bits per heavy atom. The molecule has 0 aliphatic heterocycles. The number of halogens is 2. The van der Waals surface area contributed by atoms with Crippen LogP contribution in [-0.2, 0) is 5.75 Å². The van der Waals surface area contributed by atoms with Gasteiger partial charge in [0.2, 0.25) is 0 Å². The second kappa shape index (κ2) is 7.46. The highest BCUT2D eigenvalue weighted by Crippen LogP contribution is 2.38. The summed E-state index contributed by atoms with van der Waals surface area (Å²) < 4.78 is 1.07. The van der Waals surface area contributed by atoms with Crippen LogP contribution in [0.2, 0.25) is 5.02 Å². The topological polar surface area (TPSA) is 25.8 Å². The van der Waals surface area contributed by atoms with Gasteiger partial charge in [0.1, 0.15) is 16.2 Å². The first kappa shape index (κ1) is 17.0. The third kappa shape index (κ3) is 3.75. The number of rotatable bonds is 4. The van der Waals surface area contributed by atoms with Gasteiger partial charge in [-0.3, -0.25) is 0 Å². The summed E-state index contributed by atoms with van der Waals surface area (Å²) in [6.45, 7) is 0. The average Bonchev–Trinajstić information content (AvgIpc) is 3.07. The van der Waals surface area contributed by atoms with E-state index in [9.17, 15) is 0 Å². The Labute approximate surface area is 167 Å². The Bertz CT molecular complexity index is 1010. The van der Waals surface area contributed by atoms with Gasteiger partial charge in [-0.2, -0.15) is 0 Å². The molecule has 0 unspecified atom stereocenters. The molecule has 25 heavy (non-hydrogen) atoms. The molecule has 0 saturated carbocycles. The van der Waals surface area contributed by atoms with Gasteiger partial charge >= 0.3 is 0 Å². The maximum Gasteiger partial charge on any atom is 0.128 e. The van der Waals surface area contributed by atoms with Crippen molar-refractivity contribution in [3.63, 3.8) is 0 Å². The van der Waals surface area contributed by atoms with Gasteiger partial charge in [0.25, 0.3) is 0 Å². The third-order valence-corrected chi connectivity index (χ3v) is 6.51. The highest BCUT2D eigenvalue weighted by Gasteiger charge is 2.13. The Hall–Kier alpha value is -1.40. The number of thiophene rings is 1. The van der Waals surface area contributed by atoms with Gasteiger partial charge in [-0.25, -0.2) is 9.97 Å². The molecule has 0 N–H and O–H groups in total. The maximum absolute atomic E-state index is 5.96. The van der Waals surface area contributed by atoms with Gasteiger partial charge < -0.3 is 0 Å². The Morgan fingerprint density at radius 1 is 1.00 bits per heavy atom. The molecule has 0 radical (unpaired) electrons. The molecular weight excluding hydrogens is 436 g/mol. The largest absolute Gasteiger partial charge is 0.229 e. The fourth-order valence-corrected chi connectivity index (χ4v) is 4.87. The summed E-state index contributed by atoms with van der Waals surface area (Å²) >= 11 is 12.8. The van der Waals surface area contributed by atoms with E-state index >= 15 is 0 Å². The van der Waals surface area contributed by atoms with Crippen LogP contribution in [0.1, 0.15) is 5.56 Å². The first-order valence-electron chi connectivity index (χ1n) is 7.56. The summed E-state index contributed by atoms with van der Waals surface area (Å²) in [6.07, 6.45) is 1.65. The molecule has 0 saturated heterocycles. The SMILES string of the molecule is Clc1ccc(CSc2ncnc3scc(-c4ccc(Br)cc4)c23)cc1. The molecule has 0 fully saturated rings. The molecule has 0 aliphatic rings. The van der Waals surface area contributed by atoms with Gasteiger partial charge in [0.05, 0.1) is 5.39 Å². The first-order valence-corrected chi connectivity index (χ1v) is 10.6. The second-order valence-electron chi connectivity index (χ2n) is 5.43. The van der Waals surface area contributed by atoms with E-state index in [1.54, 1.807) is 29.4 Å². The van der Waals surface area contributed by atoms with Crippen LogP contribution in [0.15, 0.2) is 69.7 Å². The minimum Gasteiger partial charge on any atom is -0.229 e. The van der Waals surface area contributed by atoms with Crippen LogP contribution < -0.4 is 0 Å². The predicted molar refractivity (Wildman–Crippen MR) is 112 cm³/mol. The molecule has 4 aromatic rings. The third-order valence-electron chi connectivity index (χ3n) is 3.78. The van der Waals surface area contributed by atoms with Crippen molar-refractivity contribution in [1.29, 1.82) is 0 Å². The van der Waals surface area contributed by atoms with Crippen molar-refractivity contribution in [3.8, 4) is 11.1 Å². The average molecular weight is 448 g/mol. The number of hydrogen-bond donors (Lipinski definition) is 0. The lowest BCUT2D eigenvalue weighted by Crippen LogP contribution is -1.87. The van der Waals surface area contributed by atoms with Gasteiger partial charge in [-0.15, -0.1) is 23.1 Å². The number of hydrogen-bond acceptors (Lipinski definition) is 4. The molecule has 4 rings (SSSR count). The van der Waals surface area contributed by atoms with Crippen molar-refractivity contribution >= 4 is 60.8 Å². The summed E-state index contributed by atoms with van der Waals surface area (Å²) in [6, 6.07) is 16.3. The van der Waals surface area contributed by atoms with Crippen LogP contribution in [0.25, 0.3) is 21.3 Å². The van der Waals surface area contributed by atoms with Crippen molar-refractivity contribution in [2.24, 2.45) is 0 Å². The smallest absolute Gasteiger partial charge is 0.128 e. The van der Waals surface area contributed by atoms with Gasteiger partial charge in [0, 0.05) is 26.2 Å². The minimum atomic E-state index is 0.758. The molecule has 2 aromatic carbocycles. The van der Waals surface area contributed by atoms with Gasteiger partial charge in [-0.05, 0) is 35.4 Å².